The predicted molar refractivity (Wildman–Crippen MR) is 102 cm³/mol. The number of benzene rings is 1. The maximum absolute atomic E-state index is 12.2. The second-order valence-electron chi connectivity index (χ2n) is 5.66. The highest BCUT2D eigenvalue weighted by atomic mass is 32.2. The van der Waals surface area contributed by atoms with Crippen LogP contribution in [0.1, 0.15) is 34.3 Å². The van der Waals surface area contributed by atoms with Gasteiger partial charge >= 0.3 is 5.97 Å². The van der Waals surface area contributed by atoms with Gasteiger partial charge in [0.05, 0.1) is 17.2 Å². The number of ether oxygens (including phenoxy) is 1. The number of nitrogens with one attached hydrogen (secondary N) is 2. The van der Waals surface area contributed by atoms with E-state index in [1.165, 1.54) is 12.1 Å². The third kappa shape index (κ3) is 5.84. The first kappa shape index (κ1) is 21.0. The highest BCUT2D eigenvalue weighted by Crippen LogP contribution is 2.23. The van der Waals surface area contributed by atoms with Crippen molar-refractivity contribution in [1.29, 1.82) is 0 Å². The Balaban J connectivity index is 1.88. The van der Waals surface area contributed by atoms with Crippen LogP contribution in [0.3, 0.4) is 0 Å². The van der Waals surface area contributed by atoms with Crippen molar-refractivity contribution in [3.63, 3.8) is 0 Å². The lowest BCUT2D eigenvalue weighted by atomic mass is 10.2. The minimum atomic E-state index is -3.67. The van der Waals surface area contributed by atoms with Crippen LogP contribution in [-0.2, 0) is 19.6 Å². The van der Waals surface area contributed by atoms with Crippen molar-refractivity contribution in [2.24, 2.45) is 0 Å². The average Bonchev–Trinajstić information content (AvgIpc) is 2.95. The Morgan fingerprint density at radius 1 is 1.19 bits per heavy atom. The van der Waals surface area contributed by atoms with Gasteiger partial charge in [-0.25, -0.2) is 22.9 Å². The molecule has 0 saturated heterocycles. The molecule has 146 valence electrons. The summed E-state index contributed by atoms with van der Waals surface area (Å²) in [6, 6.07) is 6.42. The molecule has 1 aromatic carbocycles. The molecular formula is C17H21N3O5S2. The zero-order valence-corrected chi connectivity index (χ0v) is 16.9. The number of nitrogens with zero attached hydrogens (tertiary/aromatic N) is 1. The van der Waals surface area contributed by atoms with E-state index in [0.29, 0.717) is 10.6 Å². The molecule has 0 bridgehead atoms. The topological polar surface area (TPSA) is 114 Å². The summed E-state index contributed by atoms with van der Waals surface area (Å²) < 4.78 is 31.6. The number of aryl methyl sites for hydroxylation is 2. The Morgan fingerprint density at radius 3 is 2.48 bits per heavy atom. The fourth-order valence-electron chi connectivity index (χ4n) is 2.12. The third-order valence-electron chi connectivity index (χ3n) is 3.48. The molecule has 2 aromatic rings. The highest BCUT2D eigenvalue weighted by molar-refractivity contribution is 7.89. The molecule has 0 aliphatic carbocycles. The van der Waals surface area contributed by atoms with Crippen LogP contribution in [0.25, 0.3) is 0 Å². The first-order chi connectivity index (χ1) is 12.7. The number of esters is 1. The number of amides is 1. The van der Waals surface area contributed by atoms with Gasteiger partial charge in [-0.1, -0.05) is 29.0 Å². The highest BCUT2D eigenvalue weighted by Gasteiger charge is 2.18. The van der Waals surface area contributed by atoms with Crippen molar-refractivity contribution in [2.75, 3.05) is 18.5 Å². The van der Waals surface area contributed by atoms with Crippen LogP contribution in [0.4, 0.5) is 5.13 Å². The fourth-order valence-corrected chi connectivity index (χ4v) is 4.03. The summed E-state index contributed by atoms with van der Waals surface area (Å²) in [6.45, 7) is 5.40. The average molecular weight is 412 g/mol. The zero-order chi connectivity index (χ0) is 20.0. The van der Waals surface area contributed by atoms with E-state index in [1.807, 2.05) is 6.92 Å². The minimum absolute atomic E-state index is 0.0584. The van der Waals surface area contributed by atoms with Gasteiger partial charge in [0.15, 0.2) is 5.13 Å². The van der Waals surface area contributed by atoms with Gasteiger partial charge in [-0.15, -0.1) is 0 Å². The molecule has 10 heteroatoms. The molecule has 0 fully saturated rings. The summed E-state index contributed by atoms with van der Waals surface area (Å²) in [5, 5.41) is 2.83. The third-order valence-corrected chi connectivity index (χ3v) is 6.01. The van der Waals surface area contributed by atoms with Crippen molar-refractivity contribution < 1.29 is 22.7 Å². The molecule has 0 unspecified atom stereocenters. The summed E-state index contributed by atoms with van der Waals surface area (Å²) >= 11 is 1.02. The van der Waals surface area contributed by atoms with Gasteiger partial charge < -0.3 is 10.1 Å². The molecule has 0 spiro atoms. The Kier molecular flexibility index (Phi) is 7.05. The first-order valence-corrected chi connectivity index (χ1v) is 10.5. The number of hydrogen-bond acceptors (Lipinski definition) is 7. The van der Waals surface area contributed by atoms with E-state index >= 15 is 0 Å². The van der Waals surface area contributed by atoms with Crippen molar-refractivity contribution >= 4 is 38.4 Å². The normalized spacial score (nSPS) is 11.2. The molecule has 0 aliphatic rings. The summed E-state index contributed by atoms with van der Waals surface area (Å²) in [5.74, 6) is -0.898. The van der Waals surface area contributed by atoms with Gasteiger partial charge in [-0.05, 0) is 32.9 Å². The molecule has 2 N–H and O–H groups in total. The number of thiazole rings is 1. The van der Waals surface area contributed by atoms with Crippen LogP contribution in [0.2, 0.25) is 0 Å². The number of hydrogen-bond donors (Lipinski definition) is 2. The first-order valence-electron chi connectivity index (χ1n) is 8.23. The van der Waals surface area contributed by atoms with E-state index in [-0.39, 0.29) is 29.6 Å². The van der Waals surface area contributed by atoms with Crippen LogP contribution in [0.15, 0.2) is 29.2 Å². The molecule has 1 heterocycles. The van der Waals surface area contributed by atoms with Crippen molar-refractivity contribution in [3.05, 3.63) is 40.4 Å². The van der Waals surface area contributed by atoms with Gasteiger partial charge in [0.1, 0.15) is 4.88 Å². The molecule has 0 aliphatic heterocycles. The molecule has 0 atom stereocenters. The van der Waals surface area contributed by atoms with Crippen LogP contribution in [-0.4, -0.2) is 38.4 Å². The number of carbonyl (C=O) groups excluding carboxylic acids is 2. The Morgan fingerprint density at radius 2 is 1.85 bits per heavy atom. The van der Waals surface area contributed by atoms with E-state index in [1.54, 1.807) is 26.0 Å². The largest absolute Gasteiger partial charge is 0.462 e. The van der Waals surface area contributed by atoms with Crippen LogP contribution in [0, 0.1) is 13.8 Å². The molecule has 1 amide bonds. The SMILES string of the molecule is CCOC(=O)c1sc(NC(=O)CCNS(=O)(=O)c2ccc(C)cc2)nc1C. The standard InChI is InChI=1S/C17H21N3O5S2/c1-4-25-16(22)15-12(3)19-17(26-15)20-14(21)9-10-18-27(23,24)13-7-5-11(2)6-8-13/h5-8,18H,4,9-10H2,1-3H3,(H,19,20,21). The molecule has 2 rings (SSSR count). The van der Waals surface area contributed by atoms with Gasteiger partial charge in [-0.2, -0.15) is 0 Å². The fraction of sp³-hybridized carbons (Fsp3) is 0.353. The smallest absolute Gasteiger partial charge is 0.350 e. The number of sulfonamides is 1. The van der Waals surface area contributed by atoms with Crippen LogP contribution >= 0.6 is 11.3 Å². The quantitative estimate of drug-likeness (QED) is 0.644. The summed E-state index contributed by atoms with van der Waals surface area (Å²) in [7, 11) is -3.67. The van der Waals surface area contributed by atoms with Gasteiger partial charge in [0.25, 0.3) is 0 Å². The predicted octanol–water partition coefficient (Wildman–Crippen LogP) is 2.24. The lowest BCUT2D eigenvalue weighted by Crippen LogP contribution is -2.27. The van der Waals surface area contributed by atoms with E-state index in [2.05, 4.69) is 15.0 Å². The number of rotatable bonds is 8. The maximum Gasteiger partial charge on any atom is 0.350 e. The van der Waals surface area contributed by atoms with E-state index in [4.69, 9.17) is 4.74 Å². The van der Waals surface area contributed by atoms with Crippen molar-refractivity contribution in [3.8, 4) is 0 Å². The lowest BCUT2D eigenvalue weighted by molar-refractivity contribution is -0.116. The van der Waals surface area contributed by atoms with Crippen molar-refractivity contribution in [1.82, 2.24) is 9.71 Å². The van der Waals surface area contributed by atoms with Crippen LogP contribution in [0.5, 0.6) is 0 Å². The Bertz CT molecular complexity index is 921. The minimum Gasteiger partial charge on any atom is -0.462 e. The lowest BCUT2D eigenvalue weighted by Gasteiger charge is -2.07. The van der Waals surface area contributed by atoms with Crippen molar-refractivity contribution in [2.45, 2.75) is 32.1 Å². The summed E-state index contributed by atoms with van der Waals surface area (Å²) in [6.07, 6.45) is -0.0710. The second kappa shape index (κ2) is 9.07. The van der Waals surface area contributed by atoms with E-state index < -0.39 is 21.9 Å². The molecule has 1 aromatic heterocycles. The Hall–Kier alpha value is -2.30. The number of carbonyl (C=O) groups is 2. The number of anilines is 1. The van der Waals surface area contributed by atoms with Gasteiger partial charge in [0, 0.05) is 13.0 Å². The summed E-state index contributed by atoms with van der Waals surface area (Å²) in [4.78, 5) is 28.3. The molecular weight excluding hydrogens is 390 g/mol. The maximum atomic E-state index is 12.2. The zero-order valence-electron chi connectivity index (χ0n) is 15.2. The molecule has 8 nitrogen and oxygen atoms in total. The summed E-state index contributed by atoms with van der Waals surface area (Å²) in [5.41, 5.74) is 1.42. The molecule has 0 saturated carbocycles. The Labute approximate surface area is 162 Å². The van der Waals surface area contributed by atoms with E-state index in [9.17, 15) is 18.0 Å². The van der Waals surface area contributed by atoms with Gasteiger partial charge in [-0.3, -0.25) is 4.79 Å². The molecule has 27 heavy (non-hydrogen) atoms. The van der Waals surface area contributed by atoms with E-state index in [0.717, 1.165) is 16.9 Å². The van der Waals surface area contributed by atoms with Gasteiger partial charge in [0.2, 0.25) is 15.9 Å². The number of aromatic nitrogens is 1. The molecule has 0 radical (unpaired) electrons. The monoisotopic (exact) mass is 411 g/mol. The van der Waals surface area contributed by atoms with Crippen LogP contribution < -0.4 is 10.0 Å². The second-order valence-corrected chi connectivity index (χ2v) is 8.43.